The molecule has 12 heavy (non-hydrogen) atoms. The summed E-state index contributed by atoms with van der Waals surface area (Å²) < 4.78 is 9.97. The number of nitrogens with two attached hydrogens (primary N) is 1. The summed E-state index contributed by atoms with van der Waals surface area (Å²) in [5.74, 6) is 1.24. The van der Waals surface area contributed by atoms with E-state index in [-0.39, 0.29) is 0 Å². The van der Waals surface area contributed by atoms with Gasteiger partial charge in [-0.05, 0) is 6.07 Å². The lowest BCUT2D eigenvalue weighted by Gasteiger charge is -2.06. The maximum Gasteiger partial charge on any atom is 0.217 e. The summed E-state index contributed by atoms with van der Waals surface area (Å²) in [6, 6.07) is 1.81. The van der Waals surface area contributed by atoms with Crippen LogP contribution < -0.4 is 15.2 Å². The van der Waals surface area contributed by atoms with E-state index in [0.29, 0.717) is 18.2 Å². The highest BCUT2D eigenvalue weighted by molar-refractivity contribution is 5.32. The number of methoxy groups -OCH3 is 2. The Bertz CT molecular complexity index is 263. The highest BCUT2D eigenvalue weighted by atomic mass is 16.5. The zero-order chi connectivity index (χ0) is 8.97. The summed E-state index contributed by atoms with van der Waals surface area (Å²) >= 11 is 0. The molecule has 1 rings (SSSR count). The van der Waals surface area contributed by atoms with Gasteiger partial charge in [0.15, 0.2) is 0 Å². The molecule has 0 atom stereocenters. The van der Waals surface area contributed by atoms with Crippen LogP contribution in [0.3, 0.4) is 0 Å². The van der Waals surface area contributed by atoms with Crippen molar-refractivity contribution in [2.45, 2.75) is 6.54 Å². The molecule has 0 unspecified atom stereocenters. The average molecular weight is 168 g/mol. The van der Waals surface area contributed by atoms with E-state index in [1.54, 1.807) is 20.4 Å². The number of nitrogens with zero attached hydrogens (tertiary/aromatic N) is 1. The second-order valence-corrected chi connectivity index (χ2v) is 2.25. The molecule has 0 fully saturated rings. The van der Waals surface area contributed by atoms with Crippen molar-refractivity contribution in [3.63, 3.8) is 0 Å². The molecule has 4 nitrogen and oxygen atoms in total. The van der Waals surface area contributed by atoms with Gasteiger partial charge in [-0.25, -0.2) is 4.98 Å². The van der Waals surface area contributed by atoms with Crippen LogP contribution in [0.4, 0.5) is 0 Å². The Morgan fingerprint density at radius 2 is 2.17 bits per heavy atom. The normalized spacial score (nSPS) is 9.58. The third kappa shape index (κ3) is 1.65. The Labute approximate surface area is 71.3 Å². The van der Waals surface area contributed by atoms with E-state index >= 15 is 0 Å². The zero-order valence-electron chi connectivity index (χ0n) is 7.20. The van der Waals surface area contributed by atoms with Crippen LogP contribution in [0.2, 0.25) is 0 Å². The standard InChI is InChI=1S/C8H12N2O2/c1-11-7-3-6(4-9)8(12-2)10-5-7/h3,5H,4,9H2,1-2H3. The second-order valence-electron chi connectivity index (χ2n) is 2.25. The Morgan fingerprint density at radius 1 is 1.42 bits per heavy atom. The van der Waals surface area contributed by atoms with E-state index in [4.69, 9.17) is 15.2 Å². The minimum Gasteiger partial charge on any atom is -0.495 e. The molecule has 0 amide bonds. The molecular formula is C8H12N2O2. The molecule has 0 radical (unpaired) electrons. The van der Waals surface area contributed by atoms with Gasteiger partial charge in [0.2, 0.25) is 5.88 Å². The number of pyridine rings is 1. The molecule has 4 heteroatoms. The minimum atomic E-state index is 0.396. The van der Waals surface area contributed by atoms with Crippen molar-refractivity contribution in [3.05, 3.63) is 17.8 Å². The highest BCUT2D eigenvalue weighted by Crippen LogP contribution is 2.19. The Balaban J connectivity index is 3.02. The molecule has 1 heterocycles. The van der Waals surface area contributed by atoms with Gasteiger partial charge < -0.3 is 15.2 Å². The second kappa shape index (κ2) is 3.92. The molecule has 0 aliphatic rings. The van der Waals surface area contributed by atoms with Crippen LogP contribution in [0.5, 0.6) is 11.6 Å². The fourth-order valence-electron chi connectivity index (χ4n) is 0.918. The first-order valence-electron chi connectivity index (χ1n) is 3.58. The fraction of sp³-hybridized carbons (Fsp3) is 0.375. The van der Waals surface area contributed by atoms with Crippen LogP contribution in [0.1, 0.15) is 5.56 Å². The molecule has 0 saturated carbocycles. The quantitative estimate of drug-likeness (QED) is 0.716. The molecule has 0 aromatic carbocycles. The van der Waals surface area contributed by atoms with Crippen LogP contribution in [0, 0.1) is 0 Å². The van der Waals surface area contributed by atoms with E-state index < -0.39 is 0 Å². The minimum absolute atomic E-state index is 0.396. The summed E-state index contributed by atoms with van der Waals surface area (Å²) in [7, 11) is 3.15. The Kier molecular flexibility index (Phi) is 2.88. The number of rotatable bonds is 3. The van der Waals surface area contributed by atoms with Crippen molar-refractivity contribution in [2.75, 3.05) is 14.2 Å². The van der Waals surface area contributed by atoms with Crippen LogP contribution in [-0.2, 0) is 6.54 Å². The van der Waals surface area contributed by atoms with Gasteiger partial charge in [-0.15, -0.1) is 0 Å². The van der Waals surface area contributed by atoms with Crippen molar-refractivity contribution in [2.24, 2.45) is 5.73 Å². The molecule has 0 aliphatic carbocycles. The monoisotopic (exact) mass is 168 g/mol. The van der Waals surface area contributed by atoms with Gasteiger partial charge in [0.25, 0.3) is 0 Å². The predicted octanol–water partition coefficient (Wildman–Crippen LogP) is 0.557. The first kappa shape index (κ1) is 8.80. The van der Waals surface area contributed by atoms with Gasteiger partial charge in [0, 0.05) is 12.1 Å². The molecule has 66 valence electrons. The van der Waals surface area contributed by atoms with Crippen LogP contribution in [0.25, 0.3) is 0 Å². The van der Waals surface area contributed by atoms with Gasteiger partial charge in [-0.3, -0.25) is 0 Å². The topological polar surface area (TPSA) is 57.4 Å². The van der Waals surface area contributed by atoms with E-state index in [0.717, 1.165) is 5.56 Å². The number of ether oxygens (including phenoxy) is 2. The smallest absolute Gasteiger partial charge is 0.217 e. The first-order chi connectivity index (χ1) is 5.81. The SMILES string of the molecule is COc1cnc(OC)c(CN)c1. The van der Waals surface area contributed by atoms with Gasteiger partial charge in [0.1, 0.15) is 5.75 Å². The molecule has 0 bridgehead atoms. The lowest BCUT2D eigenvalue weighted by atomic mass is 10.2. The molecule has 0 spiro atoms. The van der Waals surface area contributed by atoms with E-state index in [9.17, 15) is 0 Å². The van der Waals surface area contributed by atoms with E-state index in [1.807, 2.05) is 6.07 Å². The zero-order valence-corrected chi connectivity index (χ0v) is 7.20. The molecular weight excluding hydrogens is 156 g/mol. The Hall–Kier alpha value is -1.29. The largest absolute Gasteiger partial charge is 0.495 e. The van der Waals surface area contributed by atoms with Crippen molar-refractivity contribution < 1.29 is 9.47 Å². The molecule has 1 aromatic heterocycles. The van der Waals surface area contributed by atoms with Crippen molar-refractivity contribution in [1.82, 2.24) is 4.98 Å². The van der Waals surface area contributed by atoms with Crippen LogP contribution in [0.15, 0.2) is 12.3 Å². The summed E-state index contributed by atoms with van der Waals surface area (Å²) in [6.45, 7) is 0.396. The van der Waals surface area contributed by atoms with Crippen LogP contribution >= 0.6 is 0 Å². The Morgan fingerprint density at radius 3 is 2.67 bits per heavy atom. The molecule has 1 aromatic rings. The molecule has 0 aliphatic heterocycles. The van der Waals surface area contributed by atoms with E-state index in [1.165, 1.54) is 0 Å². The van der Waals surface area contributed by atoms with Gasteiger partial charge in [-0.2, -0.15) is 0 Å². The number of hydrogen-bond donors (Lipinski definition) is 1. The van der Waals surface area contributed by atoms with Gasteiger partial charge in [-0.1, -0.05) is 0 Å². The number of hydrogen-bond acceptors (Lipinski definition) is 4. The molecule has 0 saturated heterocycles. The average Bonchev–Trinajstić information content (AvgIpc) is 2.16. The van der Waals surface area contributed by atoms with Crippen LogP contribution in [-0.4, -0.2) is 19.2 Å². The predicted molar refractivity (Wildman–Crippen MR) is 45.2 cm³/mol. The van der Waals surface area contributed by atoms with Crippen molar-refractivity contribution >= 4 is 0 Å². The summed E-state index contributed by atoms with van der Waals surface area (Å²) in [5, 5.41) is 0. The first-order valence-corrected chi connectivity index (χ1v) is 3.58. The molecule has 2 N–H and O–H groups in total. The maximum atomic E-state index is 5.47. The lowest BCUT2D eigenvalue weighted by Crippen LogP contribution is -2.02. The van der Waals surface area contributed by atoms with Gasteiger partial charge in [0.05, 0.1) is 20.4 Å². The third-order valence-electron chi connectivity index (χ3n) is 1.55. The third-order valence-corrected chi connectivity index (χ3v) is 1.55. The fourth-order valence-corrected chi connectivity index (χ4v) is 0.918. The lowest BCUT2D eigenvalue weighted by molar-refractivity contribution is 0.382. The van der Waals surface area contributed by atoms with Crippen molar-refractivity contribution in [1.29, 1.82) is 0 Å². The van der Waals surface area contributed by atoms with Gasteiger partial charge >= 0.3 is 0 Å². The van der Waals surface area contributed by atoms with E-state index in [2.05, 4.69) is 4.98 Å². The summed E-state index contributed by atoms with van der Waals surface area (Å²) in [5.41, 5.74) is 6.32. The summed E-state index contributed by atoms with van der Waals surface area (Å²) in [4.78, 5) is 4.01. The highest BCUT2D eigenvalue weighted by Gasteiger charge is 2.03. The van der Waals surface area contributed by atoms with Crippen molar-refractivity contribution in [3.8, 4) is 11.6 Å². The number of aromatic nitrogens is 1. The summed E-state index contributed by atoms with van der Waals surface area (Å²) in [6.07, 6.45) is 1.60. The maximum absolute atomic E-state index is 5.47.